The largest absolute Gasteiger partial charge is 0.466 e. The molecule has 0 fully saturated rings. The van der Waals surface area contributed by atoms with Crippen molar-refractivity contribution in [2.24, 2.45) is 0 Å². The number of aliphatic hydroxyl groups is 1. The van der Waals surface area contributed by atoms with E-state index in [9.17, 15) is 14.4 Å². The van der Waals surface area contributed by atoms with Crippen molar-refractivity contribution < 1.29 is 33.7 Å². The number of nitrogens with zero attached hydrogens (tertiary/aromatic N) is 1. The number of carbonyl (C=O) groups excluding carboxylic acids is 3. The molecule has 1 N–H and O–H groups in total. The lowest BCUT2D eigenvalue weighted by Crippen LogP contribution is -2.08. The van der Waals surface area contributed by atoms with E-state index in [-0.39, 0.29) is 19.2 Å². The number of ether oxygens (including phenoxy) is 3. The fourth-order valence-electron chi connectivity index (χ4n) is 0.519. The maximum absolute atomic E-state index is 10.5. The Morgan fingerprint density at radius 2 is 1.46 bits per heavy atom. The van der Waals surface area contributed by atoms with E-state index in [1.165, 1.54) is 20.3 Å². The van der Waals surface area contributed by atoms with Gasteiger partial charge in [0.2, 0.25) is 0 Å². The number of methoxy groups -OCH3 is 2. The Bertz CT molecular complexity index is 516. The molecule has 0 aliphatic carbocycles. The molecular weight excluding hydrogens is 342 g/mol. The number of carbonyl (C=O) groups is 3. The van der Waals surface area contributed by atoms with E-state index in [1.807, 2.05) is 0 Å². The van der Waals surface area contributed by atoms with Crippen molar-refractivity contribution in [1.82, 2.24) is 0 Å². The summed E-state index contributed by atoms with van der Waals surface area (Å²) in [7, 11) is 2.64. The minimum atomic E-state index is -0.455. The van der Waals surface area contributed by atoms with Crippen LogP contribution in [0.15, 0.2) is 49.6 Å². The molecule has 0 aliphatic rings. The minimum Gasteiger partial charge on any atom is -0.466 e. The summed E-state index contributed by atoms with van der Waals surface area (Å²) in [4.78, 5) is 30.5. The van der Waals surface area contributed by atoms with Crippen LogP contribution in [0, 0.1) is 11.3 Å². The first-order valence-corrected chi connectivity index (χ1v) is 6.97. The SMILES string of the molecule is C=C(C)C(=O)OC.C=C(C)C(=O)OCCO.C=CC#N.C=CC(=O)OC. The molecular formula is C18H27NO7. The van der Waals surface area contributed by atoms with Gasteiger partial charge >= 0.3 is 17.9 Å². The second-order valence-electron chi connectivity index (χ2n) is 3.97. The summed E-state index contributed by atoms with van der Waals surface area (Å²) in [6, 6.07) is 1.69. The van der Waals surface area contributed by atoms with Crippen LogP contribution in [0.1, 0.15) is 13.8 Å². The molecule has 0 aromatic rings. The van der Waals surface area contributed by atoms with Crippen LogP contribution in [0.4, 0.5) is 0 Å². The average Bonchev–Trinajstić information content (AvgIpc) is 2.65. The smallest absolute Gasteiger partial charge is 0.333 e. The Morgan fingerprint density at radius 3 is 1.58 bits per heavy atom. The standard InChI is InChI=1S/C6H10O3.C5H8O2.C4H6O2.C3H3N/c1-5(2)6(8)9-4-3-7;1-4(2)5(6)7-3;1-3-4(5)6-2;1-2-3-4/h7H,1,3-4H2,2H3;1H2,2-3H3;3H,1H2,2H3;2H,1H2. The molecule has 0 amide bonds. The van der Waals surface area contributed by atoms with Crippen molar-refractivity contribution in [2.75, 3.05) is 27.4 Å². The molecule has 0 aromatic heterocycles. The van der Waals surface area contributed by atoms with Crippen LogP contribution >= 0.6 is 0 Å². The van der Waals surface area contributed by atoms with Gasteiger partial charge in [0.15, 0.2) is 0 Å². The lowest BCUT2D eigenvalue weighted by Gasteiger charge is -1.99. The van der Waals surface area contributed by atoms with Crippen molar-refractivity contribution in [1.29, 1.82) is 5.26 Å². The summed E-state index contributed by atoms with van der Waals surface area (Å²) in [5, 5.41) is 15.7. The Labute approximate surface area is 154 Å². The van der Waals surface area contributed by atoms with Gasteiger partial charge in [-0.25, -0.2) is 14.4 Å². The average molecular weight is 369 g/mol. The predicted octanol–water partition coefficient (Wildman–Crippen LogP) is 1.87. The third kappa shape index (κ3) is 32.7. The zero-order valence-corrected chi connectivity index (χ0v) is 15.7. The zero-order chi connectivity index (χ0) is 21.5. The molecule has 8 heteroatoms. The molecule has 0 saturated carbocycles. The predicted molar refractivity (Wildman–Crippen MR) is 97.7 cm³/mol. The van der Waals surface area contributed by atoms with E-state index in [0.717, 1.165) is 6.08 Å². The van der Waals surface area contributed by atoms with Crippen LogP contribution in [0.3, 0.4) is 0 Å². The molecule has 0 aromatic carbocycles. The van der Waals surface area contributed by atoms with Crippen molar-refractivity contribution >= 4 is 17.9 Å². The fourth-order valence-corrected chi connectivity index (χ4v) is 0.519. The quantitative estimate of drug-likeness (QED) is 0.337. The van der Waals surface area contributed by atoms with Gasteiger partial charge in [0.05, 0.1) is 26.9 Å². The summed E-state index contributed by atoms with van der Waals surface area (Å²) in [6.45, 7) is 16.0. The van der Waals surface area contributed by atoms with Crippen molar-refractivity contribution in [3.05, 3.63) is 49.6 Å². The summed E-state index contributed by atoms with van der Waals surface area (Å²) in [6.07, 6.45) is 2.29. The zero-order valence-electron chi connectivity index (χ0n) is 15.7. The number of aliphatic hydroxyl groups excluding tert-OH is 1. The highest BCUT2D eigenvalue weighted by Crippen LogP contribution is 1.90. The maximum Gasteiger partial charge on any atom is 0.333 e. The van der Waals surface area contributed by atoms with Gasteiger partial charge in [-0.1, -0.05) is 26.3 Å². The van der Waals surface area contributed by atoms with Gasteiger partial charge in [0.25, 0.3) is 0 Å². The first-order valence-electron chi connectivity index (χ1n) is 6.97. The van der Waals surface area contributed by atoms with Crippen LogP contribution in [0.5, 0.6) is 0 Å². The normalized spacial score (nSPS) is 7.23. The van der Waals surface area contributed by atoms with Gasteiger partial charge in [-0.05, 0) is 13.8 Å². The summed E-state index contributed by atoms with van der Waals surface area (Å²) >= 11 is 0. The molecule has 0 unspecified atom stereocenters. The number of esters is 3. The highest BCUT2D eigenvalue weighted by Gasteiger charge is 1.99. The molecule has 0 atom stereocenters. The molecule has 146 valence electrons. The van der Waals surface area contributed by atoms with E-state index in [4.69, 9.17) is 10.4 Å². The molecule has 8 nitrogen and oxygen atoms in total. The third-order valence-corrected chi connectivity index (χ3v) is 1.67. The summed E-state index contributed by atoms with van der Waals surface area (Å²) in [5.74, 6) is -1.20. The topological polar surface area (TPSA) is 123 Å². The second-order valence-corrected chi connectivity index (χ2v) is 3.97. The van der Waals surface area contributed by atoms with Gasteiger partial charge < -0.3 is 19.3 Å². The van der Waals surface area contributed by atoms with Crippen LogP contribution in [-0.2, 0) is 28.6 Å². The highest BCUT2D eigenvalue weighted by molar-refractivity contribution is 5.87. The van der Waals surface area contributed by atoms with Gasteiger partial charge in [0, 0.05) is 23.3 Å². The van der Waals surface area contributed by atoms with Crippen molar-refractivity contribution in [3.63, 3.8) is 0 Å². The summed E-state index contributed by atoms with van der Waals surface area (Å²) in [5.41, 5.74) is 0.783. The number of hydrogen-bond acceptors (Lipinski definition) is 8. The van der Waals surface area contributed by atoms with Crippen molar-refractivity contribution in [3.8, 4) is 6.07 Å². The number of rotatable bonds is 5. The van der Waals surface area contributed by atoms with Gasteiger partial charge in [-0.15, -0.1) is 0 Å². The molecule has 0 saturated heterocycles. The van der Waals surface area contributed by atoms with Crippen molar-refractivity contribution in [2.45, 2.75) is 13.8 Å². The molecule has 26 heavy (non-hydrogen) atoms. The van der Waals surface area contributed by atoms with E-state index in [2.05, 4.69) is 40.5 Å². The van der Waals surface area contributed by atoms with E-state index >= 15 is 0 Å². The van der Waals surface area contributed by atoms with E-state index in [1.54, 1.807) is 19.9 Å². The van der Waals surface area contributed by atoms with Crippen LogP contribution in [-0.4, -0.2) is 50.4 Å². The van der Waals surface area contributed by atoms with Crippen LogP contribution in [0.2, 0.25) is 0 Å². The molecule has 0 aliphatic heterocycles. The fraction of sp³-hybridized carbons (Fsp3) is 0.333. The lowest BCUT2D eigenvalue weighted by atomic mass is 10.4. The minimum absolute atomic E-state index is 0.0473. The van der Waals surface area contributed by atoms with E-state index < -0.39 is 11.9 Å². The Kier molecular flexibility index (Phi) is 28.4. The Morgan fingerprint density at radius 1 is 1.04 bits per heavy atom. The Balaban J connectivity index is -0.000000129. The molecule has 0 spiro atoms. The number of allylic oxidation sites excluding steroid dienone is 1. The van der Waals surface area contributed by atoms with E-state index in [0.29, 0.717) is 11.1 Å². The Hall–Kier alpha value is -3.18. The number of nitriles is 1. The first kappa shape index (κ1) is 30.7. The van der Waals surface area contributed by atoms with Gasteiger partial charge in [-0.2, -0.15) is 5.26 Å². The highest BCUT2D eigenvalue weighted by atomic mass is 16.5. The molecule has 0 bridgehead atoms. The van der Waals surface area contributed by atoms with Gasteiger partial charge in [-0.3, -0.25) is 0 Å². The third-order valence-electron chi connectivity index (χ3n) is 1.67. The van der Waals surface area contributed by atoms with Crippen LogP contribution in [0.25, 0.3) is 0 Å². The number of hydrogen-bond donors (Lipinski definition) is 1. The maximum atomic E-state index is 10.5. The molecule has 0 heterocycles. The first-order chi connectivity index (χ1) is 12.1. The summed E-state index contributed by atoms with van der Waals surface area (Å²) < 4.78 is 12.9. The lowest BCUT2D eigenvalue weighted by molar-refractivity contribution is -0.140. The monoisotopic (exact) mass is 369 g/mol. The molecule has 0 rings (SSSR count). The second kappa shape index (κ2) is 24.1. The van der Waals surface area contributed by atoms with Crippen LogP contribution < -0.4 is 0 Å². The molecule has 0 radical (unpaired) electrons. The van der Waals surface area contributed by atoms with Gasteiger partial charge in [0.1, 0.15) is 6.61 Å².